The first kappa shape index (κ1) is 19.4. The molecule has 0 saturated carbocycles. The molecule has 144 valence electrons. The molecule has 1 aromatic heterocycles. The van der Waals surface area contributed by atoms with Gasteiger partial charge in [-0.3, -0.25) is 14.4 Å². The van der Waals surface area contributed by atoms with E-state index in [1.54, 1.807) is 31.2 Å². The molecule has 0 spiro atoms. The molecule has 6 nitrogen and oxygen atoms in total. The van der Waals surface area contributed by atoms with E-state index < -0.39 is 12.1 Å². The molecule has 2 aromatic carbocycles. The van der Waals surface area contributed by atoms with Crippen molar-refractivity contribution in [3.8, 4) is 0 Å². The van der Waals surface area contributed by atoms with Gasteiger partial charge in [-0.25, -0.2) is 0 Å². The van der Waals surface area contributed by atoms with E-state index in [1.165, 1.54) is 0 Å². The number of aromatic amines is 1. The second-order valence-electron chi connectivity index (χ2n) is 6.54. The summed E-state index contributed by atoms with van der Waals surface area (Å²) in [7, 11) is 0. The van der Waals surface area contributed by atoms with Crippen LogP contribution in [-0.4, -0.2) is 35.3 Å². The average molecular weight is 378 g/mol. The number of ether oxygens (including phenoxy) is 1. The number of aryl methyl sites for hydroxylation is 1. The quantitative estimate of drug-likeness (QED) is 0.487. The molecular weight excluding hydrogens is 356 g/mol. The third kappa shape index (κ3) is 4.28. The number of Topliss-reactive ketones (excluding diaryl/α,β-unsaturated/α-hetero) is 1. The van der Waals surface area contributed by atoms with Crippen molar-refractivity contribution in [1.29, 1.82) is 0 Å². The van der Waals surface area contributed by atoms with Gasteiger partial charge in [0.25, 0.3) is 5.91 Å². The molecule has 0 aliphatic rings. The van der Waals surface area contributed by atoms with Gasteiger partial charge in [0.05, 0.1) is 6.42 Å². The number of fused-ring (bicyclic) bond motifs is 1. The minimum absolute atomic E-state index is 0.0109. The van der Waals surface area contributed by atoms with E-state index in [2.05, 4.69) is 10.3 Å². The number of benzene rings is 2. The zero-order valence-corrected chi connectivity index (χ0v) is 15.8. The predicted molar refractivity (Wildman–Crippen MR) is 106 cm³/mol. The Balaban J connectivity index is 1.54. The Hall–Kier alpha value is -3.41. The molecule has 28 heavy (non-hydrogen) atoms. The topological polar surface area (TPSA) is 88.3 Å². The summed E-state index contributed by atoms with van der Waals surface area (Å²) in [6.07, 6.45) is -0.918. The summed E-state index contributed by atoms with van der Waals surface area (Å²) in [5, 5.41) is 3.47. The zero-order chi connectivity index (χ0) is 20.1. The lowest BCUT2D eigenvalue weighted by atomic mass is 10.0. The lowest BCUT2D eigenvalue weighted by molar-refractivity contribution is -0.146. The molecular formula is C22H22N2O4. The highest BCUT2D eigenvalue weighted by atomic mass is 16.5. The van der Waals surface area contributed by atoms with Crippen LogP contribution < -0.4 is 5.32 Å². The summed E-state index contributed by atoms with van der Waals surface area (Å²) in [5.41, 5.74) is 2.66. The van der Waals surface area contributed by atoms with E-state index >= 15 is 0 Å². The monoisotopic (exact) mass is 378 g/mol. The molecule has 1 atom stereocenters. The number of carbonyl (C=O) groups is 3. The smallest absolute Gasteiger partial charge is 0.308 e. The number of aromatic nitrogens is 1. The number of amides is 1. The fraction of sp³-hybridized carbons (Fsp3) is 0.227. The number of carbonyl (C=O) groups excluding carboxylic acids is 3. The fourth-order valence-corrected chi connectivity index (χ4v) is 3.08. The Morgan fingerprint density at radius 3 is 2.46 bits per heavy atom. The Labute approximate surface area is 162 Å². The summed E-state index contributed by atoms with van der Waals surface area (Å²) in [6, 6.07) is 16.2. The second-order valence-corrected chi connectivity index (χ2v) is 6.54. The van der Waals surface area contributed by atoms with Crippen LogP contribution in [0.2, 0.25) is 0 Å². The highest BCUT2D eigenvalue weighted by Gasteiger charge is 2.24. The Morgan fingerprint density at radius 1 is 1.04 bits per heavy atom. The number of hydrogen-bond donors (Lipinski definition) is 2. The first-order valence-corrected chi connectivity index (χ1v) is 9.11. The average Bonchev–Trinajstić information content (AvgIpc) is 3.03. The van der Waals surface area contributed by atoms with Crippen molar-refractivity contribution < 1.29 is 19.1 Å². The molecule has 0 saturated heterocycles. The fourth-order valence-electron chi connectivity index (χ4n) is 3.08. The van der Waals surface area contributed by atoms with Crippen molar-refractivity contribution in [2.24, 2.45) is 0 Å². The molecule has 0 fully saturated rings. The van der Waals surface area contributed by atoms with Gasteiger partial charge in [0.1, 0.15) is 0 Å². The summed E-state index contributed by atoms with van der Waals surface area (Å²) in [5.74, 6) is -1.05. The normalized spacial score (nSPS) is 11.8. The van der Waals surface area contributed by atoms with Crippen molar-refractivity contribution in [2.75, 3.05) is 6.54 Å². The van der Waals surface area contributed by atoms with Crippen LogP contribution in [0.25, 0.3) is 10.9 Å². The van der Waals surface area contributed by atoms with E-state index in [9.17, 15) is 14.4 Å². The van der Waals surface area contributed by atoms with Crippen molar-refractivity contribution >= 4 is 28.6 Å². The molecule has 6 heteroatoms. The van der Waals surface area contributed by atoms with E-state index in [1.807, 2.05) is 37.3 Å². The molecule has 1 amide bonds. The summed E-state index contributed by atoms with van der Waals surface area (Å²) < 4.78 is 5.27. The number of rotatable bonds is 7. The second kappa shape index (κ2) is 8.52. The maximum Gasteiger partial charge on any atom is 0.308 e. The van der Waals surface area contributed by atoms with Crippen LogP contribution in [0, 0.1) is 6.92 Å². The minimum atomic E-state index is -0.907. The summed E-state index contributed by atoms with van der Waals surface area (Å²) >= 11 is 0. The van der Waals surface area contributed by atoms with Crippen molar-refractivity contribution in [3.63, 3.8) is 0 Å². The molecule has 3 rings (SSSR count). The predicted octanol–water partition coefficient (Wildman–Crippen LogP) is 3.41. The molecule has 0 radical (unpaired) electrons. The third-order valence-electron chi connectivity index (χ3n) is 4.47. The van der Waals surface area contributed by atoms with E-state index in [-0.39, 0.29) is 24.7 Å². The van der Waals surface area contributed by atoms with Crippen LogP contribution in [-0.2, 0) is 9.53 Å². The van der Waals surface area contributed by atoms with E-state index in [0.717, 1.165) is 16.6 Å². The molecule has 1 heterocycles. The SMILES string of the molecule is Cc1[nH]c2ccccc2c1C(=O)[C@@H](C)OC(=O)CCNC(=O)c1ccccc1. The Morgan fingerprint density at radius 2 is 1.71 bits per heavy atom. The summed E-state index contributed by atoms with van der Waals surface area (Å²) in [6.45, 7) is 3.52. The van der Waals surface area contributed by atoms with Crippen LogP contribution in [0.3, 0.4) is 0 Å². The van der Waals surface area contributed by atoms with E-state index in [0.29, 0.717) is 11.1 Å². The number of para-hydroxylation sites is 1. The Kier molecular flexibility index (Phi) is 5.89. The highest BCUT2D eigenvalue weighted by Crippen LogP contribution is 2.23. The zero-order valence-electron chi connectivity index (χ0n) is 15.8. The number of hydrogen-bond acceptors (Lipinski definition) is 4. The van der Waals surface area contributed by atoms with Crippen molar-refractivity contribution in [2.45, 2.75) is 26.4 Å². The van der Waals surface area contributed by atoms with Gasteiger partial charge in [-0.1, -0.05) is 36.4 Å². The maximum absolute atomic E-state index is 12.8. The van der Waals surface area contributed by atoms with Crippen LogP contribution in [0.4, 0.5) is 0 Å². The van der Waals surface area contributed by atoms with Crippen LogP contribution in [0.15, 0.2) is 54.6 Å². The molecule has 0 aliphatic heterocycles. The molecule has 0 aliphatic carbocycles. The summed E-state index contributed by atoms with van der Waals surface area (Å²) in [4.78, 5) is 40.0. The molecule has 0 unspecified atom stereocenters. The van der Waals surface area contributed by atoms with Crippen LogP contribution in [0.5, 0.6) is 0 Å². The van der Waals surface area contributed by atoms with Crippen molar-refractivity contribution in [3.05, 3.63) is 71.4 Å². The van der Waals surface area contributed by atoms with Crippen LogP contribution >= 0.6 is 0 Å². The van der Waals surface area contributed by atoms with Gasteiger partial charge >= 0.3 is 5.97 Å². The van der Waals surface area contributed by atoms with E-state index in [4.69, 9.17) is 4.74 Å². The number of esters is 1. The molecule has 0 bridgehead atoms. The minimum Gasteiger partial charge on any atom is -0.454 e. The molecule has 2 N–H and O–H groups in total. The van der Waals surface area contributed by atoms with Crippen molar-refractivity contribution in [1.82, 2.24) is 10.3 Å². The van der Waals surface area contributed by atoms with Gasteiger partial charge in [-0.15, -0.1) is 0 Å². The van der Waals surface area contributed by atoms with Gasteiger partial charge in [-0.05, 0) is 32.0 Å². The first-order chi connectivity index (χ1) is 13.5. The lowest BCUT2D eigenvalue weighted by Gasteiger charge is -2.13. The first-order valence-electron chi connectivity index (χ1n) is 9.11. The van der Waals surface area contributed by atoms with Crippen LogP contribution in [0.1, 0.15) is 39.8 Å². The lowest BCUT2D eigenvalue weighted by Crippen LogP contribution is -2.29. The maximum atomic E-state index is 12.8. The van der Waals surface area contributed by atoms with Gasteiger partial charge in [0, 0.05) is 34.3 Å². The third-order valence-corrected chi connectivity index (χ3v) is 4.47. The highest BCUT2D eigenvalue weighted by molar-refractivity contribution is 6.11. The van der Waals surface area contributed by atoms with Gasteiger partial charge in [-0.2, -0.15) is 0 Å². The number of nitrogens with one attached hydrogen (secondary N) is 2. The van der Waals surface area contributed by atoms with Gasteiger partial charge in [0.2, 0.25) is 5.78 Å². The largest absolute Gasteiger partial charge is 0.454 e. The number of H-pyrrole nitrogens is 1. The van der Waals surface area contributed by atoms with Gasteiger partial charge < -0.3 is 15.0 Å². The van der Waals surface area contributed by atoms with Gasteiger partial charge in [0.15, 0.2) is 6.10 Å². The molecule has 3 aromatic rings. The Bertz CT molecular complexity index is 1010. The number of ketones is 1. The standard InChI is InChI=1S/C22H22N2O4/c1-14-20(17-10-6-7-11-18(17)24-14)21(26)15(2)28-19(25)12-13-23-22(27)16-8-4-3-5-9-16/h3-11,15,24H,12-13H2,1-2H3,(H,23,27)/t15-/m1/s1.